The van der Waals surface area contributed by atoms with Gasteiger partial charge in [-0.3, -0.25) is 0 Å². The van der Waals surface area contributed by atoms with E-state index in [1.54, 1.807) is 7.11 Å². The van der Waals surface area contributed by atoms with E-state index in [-0.39, 0.29) is 0 Å². The number of rotatable bonds is 3. The van der Waals surface area contributed by atoms with E-state index >= 15 is 0 Å². The van der Waals surface area contributed by atoms with Gasteiger partial charge in [-0.2, -0.15) is 0 Å². The van der Waals surface area contributed by atoms with Crippen molar-refractivity contribution in [2.24, 2.45) is 0 Å². The van der Waals surface area contributed by atoms with E-state index in [1.165, 1.54) is 0 Å². The van der Waals surface area contributed by atoms with Crippen LogP contribution in [0.1, 0.15) is 18.9 Å². The van der Waals surface area contributed by atoms with E-state index in [9.17, 15) is 0 Å². The molecule has 1 aromatic carbocycles. The number of nitrogen functional groups attached to an aromatic ring is 1. The van der Waals surface area contributed by atoms with Crippen LogP contribution >= 0.6 is 0 Å². The highest BCUT2D eigenvalue weighted by Crippen LogP contribution is 2.37. The lowest BCUT2D eigenvalue weighted by Gasteiger charge is -2.07. The lowest BCUT2D eigenvalue weighted by Crippen LogP contribution is -2.00. The van der Waals surface area contributed by atoms with Gasteiger partial charge in [0.05, 0.1) is 18.8 Å². The summed E-state index contributed by atoms with van der Waals surface area (Å²) in [6.07, 6.45) is 2.29. The van der Waals surface area contributed by atoms with Gasteiger partial charge in [0.2, 0.25) is 0 Å². The predicted molar refractivity (Wildman–Crippen MR) is 62.5 cm³/mol. The number of anilines is 1. The Kier molecular flexibility index (Phi) is 2.21. The summed E-state index contributed by atoms with van der Waals surface area (Å²) in [4.78, 5) is 0. The minimum atomic E-state index is 0.448. The molecule has 88 valence electrons. The molecule has 6 nitrogen and oxygen atoms in total. The van der Waals surface area contributed by atoms with Gasteiger partial charge in [-0.05, 0) is 41.5 Å². The van der Waals surface area contributed by atoms with Gasteiger partial charge in [0.1, 0.15) is 5.75 Å². The zero-order valence-corrected chi connectivity index (χ0v) is 9.50. The van der Waals surface area contributed by atoms with Crippen molar-refractivity contribution in [2.75, 3.05) is 12.8 Å². The summed E-state index contributed by atoms with van der Waals surface area (Å²) in [7, 11) is 1.60. The fourth-order valence-corrected chi connectivity index (χ4v) is 1.82. The van der Waals surface area contributed by atoms with Crippen molar-refractivity contribution >= 4 is 5.69 Å². The minimum absolute atomic E-state index is 0.448. The Bertz CT molecular complexity index is 547. The summed E-state index contributed by atoms with van der Waals surface area (Å²) >= 11 is 0. The van der Waals surface area contributed by atoms with Crippen LogP contribution in [-0.4, -0.2) is 27.3 Å². The van der Waals surface area contributed by atoms with Crippen LogP contribution in [-0.2, 0) is 0 Å². The monoisotopic (exact) mass is 231 g/mol. The lowest BCUT2D eigenvalue weighted by molar-refractivity contribution is 0.417. The second-order valence-electron chi connectivity index (χ2n) is 4.13. The van der Waals surface area contributed by atoms with Gasteiger partial charge < -0.3 is 10.5 Å². The molecule has 2 aromatic rings. The van der Waals surface area contributed by atoms with Gasteiger partial charge in [0.15, 0.2) is 5.82 Å². The summed E-state index contributed by atoms with van der Waals surface area (Å²) in [6, 6.07) is 6.03. The SMILES string of the molecule is COc1ccc(-c2nnnn2C2CC2)cc1N. The molecule has 1 heterocycles. The van der Waals surface area contributed by atoms with Gasteiger partial charge in [0, 0.05) is 5.56 Å². The molecule has 17 heavy (non-hydrogen) atoms. The number of methoxy groups -OCH3 is 1. The Hall–Kier alpha value is -2.11. The smallest absolute Gasteiger partial charge is 0.182 e. The first-order valence-corrected chi connectivity index (χ1v) is 5.51. The van der Waals surface area contributed by atoms with Crippen LogP contribution in [0.4, 0.5) is 5.69 Å². The number of hydrogen-bond acceptors (Lipinski definition) is 5. The number of nitrogens with zero attached hydrogens (tertiary/aromatic N) is 4. The van der Waals surface area contributed by atoms with Crippen LogP contribution in [0.15, 0.2) is 18.2 Å². The third-order valence-electron chi connectivity index (χ3n) is 2.87. The van der Waals surface area contributed by atoms with Gasteiger partial charge in [-0.15, -0.1) is 5.10 Å². The molecule has 3 rings (SSSR count). The van der Waals surface area contributed by atoms with Crippen molar-refractivity contribution in [3.63, 3.8) is 0 Å². The molecule has 2 N–H and O–H groups in total. The third-order valence-corrected chi connectivity index (χ3v) is 2.87. The normalized spacial score (nSPS) is 14.9. The van der Waals surface area contributed by atoms with Crippen LogP contribution < -0.4 is 10.5 Å². The second kappa shape index (κ2) is 3.73. The van der Waals surface area contributed by atoms with Crippen LogP contribution in [0.5, 0.6) is 5.75 Å². The van der Waals surface area contributed by atoms with Crippen LogP contribution in [0.2, 0.25) is 0 Å². The van der Waals surface area contributed by atoms with Gasteiger partial charge in [0.25, 0.3) is 0 Å². The van der Waals surface area contributed by atoms with E-state index in [0.29, 0.717) is 17.5 Å². The largest absolute Gasteiger partial charge is 0.495 e. The Balaban J connectivity index is 2.02. The van der Waals surface area contributed by atoms with Crippen molar-refractivity contribution in [3.05, 3.63) is 18.2 Å². The first kappa shape index (κ1) is 10.1. The second-order valence-corrected chi connectivity index (χ2v) is 4.13. The summed E-state index contributed by atoms with van der Waals surface area (Å²) in [5.74, 6) is 1.43. The molecular formula is C11H13N5O. The average Bonchev–Trinajstić information content (AvgIpc) is 3.07. The van der Waals surface area contributed by atoms with Crippen LogP contribution in [0.25, 0.3) is 11.4 Å². The molecule has 1 aromatic heterocycles. The maximum Gasteiger partial charge on any atom is 0.182 e. The van der Waals surface area contributed by atoms with Gasteiger partial charge >= 0.3 is 0 Å². The van der Waals surface area contributed by atoms with Crippen molar-refractivity contribution in [1.82, 2.24) is 20.2 Å². The fraction of sp³-hybridized carbons (Fsp3) is 0.364. The average molecular weight is 231 g/mol. The first-order valence-electron chi connectivity index (χ1n) is 5.51. The first-order chi connectivity index (χ1) is 8.29. The summed E-state index contributed by atoms with van der Waals surface area (Å²) in [5.41, 5.74) is 7.39. The van der Waals surface area contributed by atoms with Crippen LogP contribution in [0, 0.1) is 0 Å². The Morgan fingerprint density at radius 3 is 2.88 bits per heavy atom. The number of aromatic nitrogens is 4. The molecule has 0 atom stereocenters. The van der Waals surface area contributed by atoms with Crippen molar-refractivity contribution in [1.29, 1.82) is 0 Å². The highest BCUT2D eigenvalue weighted by Gasteiger charge is 2.28. The zero-order chi connectivity index (χ0) is 11.8. The van der Waals surface area contributed by atoms with E-state index in [0.717, 1.165) is 24.2 Å². The van der Waals surface area contributed by atoms with E-state index in [2.05, 4.69) is 15.5 Å². The van der Waals surface area contributed by atoms with Gasteiger partial charge in [-0.25, -0.2) is 4.68 Å². The standard InChI is InChI=1S/C11H13N5O/c1-17-10-5-2-7(6-9(10)12)11-13-14-15-16(11)8-3-4-8/h2,5-6,8H,3-4,12H2,1H3. The molecule has 0 spiro atoms. The molecule has 1 aliphatic carbocycles. The quantitative estimate of drug-likeness (QED) is 0.804. The third kappa shape index (κ3) is 1.71. The highest BCUT2D eigenvalue weighted by atomic mass is 16.5. The lowest BCUT2D eigenvalue weighted by atomic mass is 10.2. The molecule has 1 saturated carbocycles. The number of tetrazole rings is 1. The molecule has 0 radical (unpaired) electrons. The molecular weight excluding hydrogens is 218 g/mol. The zero-order valence-electron chi connectivity index (χ0n) is 9.50. The summed E-state index contributed by atoms with van der Waals surface area (Å²) < 4.78 is 6.99. The summed E-state index contributed by atoms with van der Waals surface area (Å²) in [6.45, 7) is 0. The predicted octanol–water partition coefficient (Wildman–Crippen LogP) is 1.27. The number of nitrogens with two attached hydrogens (primary N) is 1. The maximum atomic E-state index is 5.88. The maximum absolute atomic E-state index is 5.88. The van der Waals surface area contributed by atoms with E-state index in [1.807, 2.05) is 22.9 Å². The van der Waals surface area contributed by atoms with Gasteiger partial charge in [-0.1, -0.05) is 0 Å². The molecule has 6 heteroatoms. The van der Waals surface area contributed by atoms with Crippen LogP contribution in [0.3, 0.4) is 0 Å². The molecule has 0 saturated heterocycles. The molecule has 1 aliphatic rings. The number of hydrogen-bond donors (Lipinski definition) is 1. The molecule has 0 amide bonds. The minimum Gasteiger partial charge on any atom is -0.495 e. The fourth-order valence-electron chi connectivity index (χ4n) is 1.82. The Morgan fingerprint density at radius 1 is 1.41 bits per heavy atom. The Labute approximate surface area is 98.4 Å². The molecule has 0 bridgehead atoms. The molecule has 0 unspecified atom stereocenters. The number of benzene rings is 1. The highest BCUT2D eigenvalue weighted by molar-refractivity contribution is 5.66. The molecule has 0 aliphatic heterocycles. The topological polar surface area (TPSA) is 78.9 Å². The van der Waals surface area contributed by atoms with Crippen molar-refractivity contribution in [2.45, 2.75) is 18.9 Å². The van der Waals surface area contributed by atoms with Crippen molar-refractivity contribution < 1.29 is 4.74 Å². The van der Waals surface area contributed by atoms with Crippen molar-refractivity contribution in [3.8, 4) is 17.1 Å². The number of ether oxygens (including phenoxy) is 1. The summed E-state index contributed by atoms with van der Waals surface area (Å²) in [5, 5.41) is 11.8. The van der Waals surface area contributed by atoms with E-state index < -0.39 is 0 Å². The Morgan fingerprint density at radius 2 is 2.24 bits per heavy atom. The van der Waals surface area contributed by atoms with E-state index in [4.69, 9.17) is 10.5 Å². The molecule has 1 fully saturated rings.